The standard InChI is InChI=1S/C22H32N6/c1-18-21(19(2)28(25-18)22(3,4)5)16-27(15-20-7-9-23-10-8-20)13-6-12-26-14-11-24-17-26/h7-11,14,17H,6,12-13,15-16H2,1-5H3. The number of pyridine rings is 1. The van der Waals surface area contributed by atoms with Crippen LogP contribution in [0.3, 0.4) is 0 Å². The monoisotopic (exact) mass is 380 g/mol. The number of rotatable bonds is 8. The second-order valence-corrected chi connectivity index (χ2v) is 8.45. The van der Waals surface area contributed by atoms with Crippen molar-refractivity contribution in [2.75, 3.05) is 6.54 Å². The maximum Gasteiger partial charge on any atom is 0.0945 e. The molecular formula is C22H32N6. The Labute approximate surface area is 168 Å². The van der Waals surface area contributed by atoms with Crippen LogP contribution in [0.15, 0.2) is 43.2 Å². The van der Waals surface area contributed by atoms with Crippen molar-refractivity contribution in [1.82, 2.24) is 29.2 Å². The van der Waals surface area contributed by atoms with Gasteiger partial charge in [-0.2, -0.15) is 5.10 Å². The lowest BCUT2D eigenvalue weighted by Crippen LogP contribution is -2.27. The molecule has 0 amide bonds. The molecule has 3 aromatic rings. The molecule has 3 rings (SSSR count). The minimum Gasteiger partial charge on any atom is -0.337 e. The number of nitrogens with zero attached hydrogens (tertiary/aromatic N) is 6. The van der Waals surface area contributed by atoms with Crippen LogP contribution in [-0.2, 0) is 25.2 Å². The largest absolute Gasteiger partial charge is 0.337 e. The van der Waals surface area contributed by atoms with Crippen LogP contribution >= 0.6 is 0 Å². The summed E-state index contributed by atoms with van der Waals surface area (Å²) in [7, 11) is 0. The minimum atomic E-state index is -0.00948. The first-order chi connectivity index (χ1) is 13.3. The normalized spacial score (nSPS) is 12.1. The Morgan fingerprint density at radius 1 is 1.00 bits per heavy atom. The molecule has 0 N–H and O–H groups in total. The summed E-state index contributed by atoms with van der Waals surface area (Å²) < 4.78 is 4.30. The van der Waals surface area contributed by atoms with Crippen LogP contribution in [0.5, 0.6) is 0 Å². The first-order valence-electron chi connectivity index (χ1n) is 9.97. The first kappa shape index (κ1) is 20.3. The smallest absolute Gasteiger partial charge is 0.0945 e. The van der Waals surface area contributed by atoms with Crippen molar-refractivity contribution in [1.29, 1.82) is 0 Å². The van der Waals surface area contributed by atoms with E-state index in [2.05, 4.69) is 70.9 Å². The molecule has 0 saturated heterocycles. The van der Waals surface area contributed by atoms with E-state index in [1.54, 1.807) is 0 Å². The van der Waals surface area contributed by atoms with Crippen LogP contribution in [0.1, 0.15) is 49.7 Å². The quantitative estimate of drug-likeness (QED) is 0.594. The summed E-state index contributed by atoms with van der Waals surface area (Å²) in [5.41, 5.74) is 5.01. The molecule has 0 atom stereocenters. The van der Waals surface area contributed by atoms with E-state index in [0.29, 0.717) is 0 Å². The molecule has 0 unspecified atom stereocenters. The highest BCUT2D eigenvalue weighted by atomic mass is 15.3. The first-order valence-corrected chi connectivity index (χ1v) is 9.97. The fourth-order valence-corrected chi connectivity index (χ4v) is 3.64. The molecule has 0 aliphatic carbocycles. The summed E-state index contributed by atoms with van der Waals surface area (Å²) in [5.74, 6) is 0. The van der Waals surface area contributed by atoms with Gasteiger partial charge in [0, 0.05) is 62.2 Å². The minimum absolute atomic E-state index is 0.00948. The molecule has 28 heavy (non-hydrogen) atoms. The van der Waals surface area contributed by atoms with Crippen LogP contribution < -0.4 is 0 Å². The van der Waals surface area contributed by atoms with Crippen molar-refractivity contribution in [3.8, 4) is 0 Å². The van der Waals surface area contributed by atoms with Crippen LogP contribution in [0.4, 0.5) is 0 Å². The molecule has 0 bridgehead atoms. The second kappa shape index (κ2) is 8.69. The maximum atomic E-state index is 4.83. The fraction of sp³-hybridized carbons (Fsp3) is 0.500. The number of imidazole rings is 1. The van der Waals surface area contributed by atoms with Gasteiger partial charge in [0.25, 0.3) is 0 Å². The molecule has 0 spiro atoms. The van der Waals surface area contributed by atoms with Gasteiger partial charge in [0.1, 0.15) is 0 Å². The Morgan fingerprint density at radius 3 is 2.36 bits per heavy atom. The summed E-state index contributed by atoms with van der Waals surface area (Å²) in [6.07, 6.45) is 10.6. The van der Waals surface area contributed by atoms with E-state index in [1.165, 1.54) is 16.8 Å². The lowest BCUT2D eigenvalue weighted by Gasteiger charge is -2.24. The van der Waals surface area contributed by atoms with Gasteiger partial charge < -0.3 is 4.57 Å². The van der Waals surface area contributed by atoms with Crippen molar-refractivity contribution in [2.45, 2.75) is 66.2 Å². The predicted molar refractivity (Wildman–Crippen MR) is 112 cm³/mol. The van der Waals surface area contributed by atoms with Gasteiger partial charge in [-0.25, -0.2) is 4.98 Å². The lowest BCUT2D eigenvalue weighted by molar-refractivity contribution is 0.247. The third-order valence-electron chi connectivity index (χ3n) is 5.06. The molecule has 0 aliphatic rings. The highest BCUT2D eigenvalue weighted by molar-refractivity contribution is 5.25. The molecule has 0 saturated carbocycles. The average Bonchev–Trinajstić information content (AvgIpc) is 3.25. The highest BCUT2D eigenvalue weighted by Gasteiger charge is 2.22. The van der Waals surface area contributed by atoms with E-state index < -0.39 is 0 Å². The summed E-state index contributed by atoms with van der Waals surface area (Å²) >= 11 is 0. The van der Waals surface area contributed by atoms with Crippen LogP contribution in [-0.4, -0.2) is 35.8 Å². The molecule has 0 radical (unpaired) electrons. The van der Waals surface area contributed by atoms with E-state index in [4.69, 9.17) is 5.10 Å². The molecule has 0 aromatic carbocycles. The lowest BCUT2D eigenvalue weighted by atomic mass is 10.1. The molecule has 0 fully saturated rings. The number of hydrogen-bond donors (Lipinski definition) is 0. The summed E-state index contributed by atoms with van der Waals surface area (Å²) in [5, 5.41) is 4.83. The Hall–Kier alpha value is -2.47. The van der Waals surface area contributed by atoms with E-state index >= 15 is 0 Å². The molecule has 6 heteroatoms. The van der Waals surface area contributed by atoms with Crippen molar-refractivity contribution in [3.63, 3.8) is 0 Å². The van der Waals surface area contributed by atoms with Crippen molar-refractivity contribution >= 4 is 0 Å². The highest BCUT2D eigenvalue weighted by Crippen LogP contribution is 2.23. The van der Waals surface area contributed by atoms with Gasteiger partial charge in [-0.1, -0.05) is 0 Å². The van der Waals surface area contributed by atoms with Crippen molar-refractivity contribution in [3.05, 3.63) is 65.8 Å². The summed E-state index contributed by atoms with van der Waals surface area (Å²) in [6.45, 7) is 14.7. The molecule has 150 valence electrons. The van der Waals surface area contributed by atoms with Gasteiger partial charge in [-0.15, -0.1) is 0 Å². The Morgan fingerprint density at radius 2 is 1.75 bits per heavy atom. The summed E-state index contributed by atoms with van der Waals surface area (Å²) in [4.78, 5) is 10.8. The third-order valence-corrected chi connectivity index (χ3v) is 5.06. The zero-order valence-electron chi connectivity index (χ0n) is 17.8. The van der Waals surface area contributed by atoms with Gasteiger partial charge >= 0.3 is 0 Å². The van der Waals surface area contributed by atoms with E-state index in [1.807, 2.05) is 31.1 Å². The van der Waals surface area contributed by atoms with Crippen molar-refractivity contribution < 1.29 is 0 Å². The van der Waals surface area contributed by atoms with Crippen molar-refractivity contribution in [2.24, 2.45) is 0 Å². The number of aromatic nitrogens is 5. The van der Waals surface area contributed by atoms with E-state index in [9.17, 15) is 0 Å². The Bertz CT molecular complexity index is 859. The van der Waals surface area contributed by atoms with Crippen LogP contribution in [0, 0.1) is 13.8 Å². The third kappa shape index (κ3) is 5.07. The van der Waals surface area contributed by atoms with Gasteiger partial charge in [-0.3, -0.25) is 14.6 Å². The summed E-state index contributed by atoms with van der Waals surface area (Å²) in [6, 6.07) is 4.20. The SMILES string of the molecule is Cc1nn(C(C)(C)C)c(C)c1CN(CCCn1ccnc1)Cc1ccncc1. The predicted octanol–water partition coefficient (Wildman–Crippen LogP) is 3.94. The molecule has 0 aliphatic heterocycles. The average molecular weight is 381 g/mol. The van der Waals surface area contributed by atoms with Crippen LogP contribution in [0.2, 0.25) is 0 Å². The van der Waals surface area contributed by atoms with Gasteiger partial charge in [-0.05, 0) is 58.7 Å². The molecule has 3 heterocycles. The van der Waals surface area contributed by atoms with E-state index in [-0.39, 0.29) is 5.54 Å². The number of aryl methyl sites for hydroxylation is 2. The number of hydrogen-bond acceptors (Lipinski definition) is 4. The second-order valence-electron chi connectivity index (χ2n) is 8.45. The zero-order chi connectivity index (χ0) is 20.1. The topological polar surface area (TPSA) is 51.8 Å². The van der Waals surface area contributed by atoms with Gasteiger partial charge in [0.05, 0.1) is 17.6 Å². The Balaban J connectivity index is 1.75. The fourth-order valence-electron chi connectivity index (χ4n) is 3.64. The molecular weight excluding hydrogens is 348 g/mol. The Kier molecular flexibility index (Phi) is 6.29. The molecule has 6 nitrogen and oxygen atoms in total. The van der Waals surface area contributed by atoms with Gasteiger partial charge in [0.15, 0.2) is 0 Å². The zero-order valence-corrected chi connectivity index (χ0v) is 17.8. The molecule has 3 aromatic heterocycles. The van der Waals surface area contributed by atoms with E-state index in [0.717, 1.165) is 38.3 Å². The maximum absolute atomic E-state index is 4.83. The van der Waals surface area contributed by atoms with Crippen LogP contribution in [0.25, 0.3) is 0 Å². The van der Waals surface area contributed by atoms with Gasteiger partial charge in [0.2, 0.25) is 0 Å².